The van der Waals surface area contributed by atoms with Crippen LogP contribution in [0.2, 0.25) is 0 Å². The second kappa shape index (κ2) is 6.93. The quantitative estimate of drug-likeness (QED) is 0.895. The molecule has 1 aliphatic heterocycles. The van der Waals surface area contributed by atoms with E-state index < -0.39 is 10.0 Å². The van der Waals surface area contributed by atoms with Crippen molar-refractivity contribution in [3.05, 3.63) is 53.6 Å². The van der Waals surface area contributed by atoms with Gasteiger partial charge in [-0.05, 0) is 73.7 Å². The topological polar surface area (TPSA) is 58.6 Å². The Hall–Kier alpha value is -2.05. The largest absolute Gasteiger partial charge is 0.375 e. The number of sulfonamides is 1. The molecule has 2 aromatic carbocycles. The number of ether oxygens (including phenoxy) is 1. The maximum atomic E-state index is 12.7. The van der Waals surface area contributed by atoms with Gasteiger partial charge in [0.25, 0.3) is 10.0 Å². The lowest BCUT2D eigenvalue weighted by Crippen LogP contribution is -2.41. The first kappa shape index (κ1) is 17.4. The molecule has 138 valence electrons. The van der Waals surface area contributed by atoms with E-state index >= 15 is 0 Å². The Morgan fingerprint density at radius 3 is 2.62 bits per heavy atom. The lowest BCUT2D eigenvalue weighted by molar-refractivity contribution is 0.0532. The molecule has 1 fully saturated rings. The zero-order chi connectivity index (χ0) is 18.1. The first-order chi connectivity index (χ1) is 12.5. The normalized spacial score (nSPS) is 20.0. The number of hydrogen-bond acceptors (Lipinski definition) is 4. The van der Waals surface area contributed by atoms with Crippen molar-refractivity contribution in [1.29, 1.82) is 0 Å². The van der Waals surface area contributed by atoms with Crippen LogP contribution >= 0.6 is 0 Å². The Balaban J connectivity index is 1.49. The summed E-state index contributed by atoms with van der Waals surface area (Å²) in [4.78, 5) is 2.59. The molecular formula is C20H24N2O3S. The minimum Gasteiger partial charge on any atom is -0.375 e. The van der Waals surface area contributed by atoms with Gasteiger partial charge >= 0.3 is 0 Å². The van der Waals surface area contributed by atoms with Crippen molar-refractivity contribution in [2.75, 3.05) is 29.3 Å². The minimum atomic E-state index is -3.56. The van der Waals surface area contributed by atoms with Gasteiger partial charge in [-0.3, -0.25) is 4.72 Å². The molecule has 0 aromatic heterocycles. The van der Waals surface area contributed by atoms with Crippen molar-refractivity contribution in [2.24, 2.45) is 0 Å². The van der Waals surface area contributed by atoms with Gasteiger partial charge in [0, 0.05) is 24.5 Å². The van der Waals surface area contributed by atoms with Crippen molar-refractivity contribution >= 4 is 21.4 Å². The van der Waals surface area contributed by atoms with E-state index in [4.69, 9.17) is 4.74 Å². The van der Waals surface area contributed by atoms with E-state index in [1.54, 1.807) is 6.07 Å². The third kappa shape index (κ3) is 3.57. The molecule has 1 heterocycles. The number of aryl methyl sites for hydroxylation is 2. The van der Waals surface area contributed by atoms with E-state index in [1.807, 2.05) is 36.4 Å². The highest BCUT2D eigenvalue weighted by atomic mass is 32.2. The van der Waals surface area contributed by atoms with Crippen LogP contribution < -0.4 is 9.62 Å². The highest BCUT2D eigenvalue weighted by Crippen LogP contribution is 2.26. The summed E-state index contributed by atoms with van der Waals surface area (Å²) in [5.41, 5.74) is 4.09. The zero-order valence-electron chi connectivity index (χ0n) is 14.9. The van der Waals surface area contributed by atoms with E-state index in [-0.39, 0.29) is 6.10 Å². The Bertz CT molecular complexity index is 894. The third-order valence-electron chi connectivity index (χ3n) is 5.11. The van der Waals surface area contributed by atoms with Crippen molar-refractivity contribution < 1.29 is 13.2 Å². The van der Waals surface area contributed by atoms with E-state index in [0.717, 1.165) is 43.6 Å². The van der Waals surface area contributed by atoms with Gasteiger partial charge in [0.1, 0.15) is 0 Å². The second-order valence-electron chi connectivity index (χ2n) is 7.06. The highest BCUT2D eigenvalue weighted by molar-refractivity contribution is 7.92. The van der Waals surface area contributed by atoms with E-state index in [9.17, 15) is 8.42 Å². The fourth-order valence-corrected chi connectivity index (χ4v) is 4.83. The van der Waals surface area contributed by atoms with Crippen LogP contribution in [0.5, 0.6) is 0 Å². The average molecular weight is 372 g/mol. The van der Waals surface area contributed by atoms with E-state index in [1.165, 1.54) is 5.56 Å². The lowest BCUT2D eigenvalue weighted by atomic mass is 10.1. The molecule has 1 N–H and O–H groups in total. The smallest absolute Gasteiger partial charge is 0.261 e. The molecule has 5 nitrogen and oxygen atoms in total. The minimum absolute atomic E-state index is 0.210. The maximum Gasteiger partial charge on any atom is 0.261 e. The van der Waals surface area contributed by atoms with Crippen LogP contribution in [0.4, 0.5) is 11.4 Å². The van der Waals surface area contributed by atoms with Gasteiger partial charge in [-0.2, -0.15) is 0 Å². The van der Waals surface area contributed by atoms with Crippen LogP contribution in [0.3, 0.4) is 0 Å². The molecule has 2 aromatic rings. The molecule has 0 radical (unpaired) electrons. The van der Waals surface area contributed by atoms with Gasteiger partial charge in [0.15, 0.2) is 0 Å². The van der Waals surface area contributed by atoms with Gasteiger partial charge in [0.2, 0.25) is 0 Å². The first-order valence-electron chi connectivity index (χ1n) is 9.12. The van der Waals surface area contributed by atoms with Gasteiger partial charge in [-0.1, -0.05) is 6.07 Å². The second-order valence-corrected chi connectivity index (χ2v) is 8.75. The molecule has 1 unspecified atom stereocenters. The standard InChI is InChI=1S/C20H24N2O3S/c1-15-14-22(11-12-25-15)19-8-6-18(7-9-19)21-26(23,24)20-10-5-16-3-2-4-17(16)13-20/h5-10,13,15,21H,2-4,11-12,14H2,1H3. The molecular weight excluding hydrogens is 348 g/mol. The lowest BCUT2D eigenvalue weighted by Gasteiger charge is -2.33. The summed E-state index contributed by atoms with van der Waals surface area (Å²) in [5, 5.41) is 0. The highest BCUT2D eigenvalue weighted by Gasteiger charge is 2.20. The molecule has 1 atom stereocenters. The van der Waals surface area contributed by atoms with Crippen molar-refractivity contribution in [2.45, 2.75) is 37.2 Å². The molecule has 0 bridgehead atoms. The van der Waals surface area contributed by atoms with E-state index in [2.05, 4.69) is 16.5 Å². The van der Waals surface area contributed by atoms with Crippen molar-refractivity contribution in [3.8, 4) is 0 Å². The number of anilines is 2. The molecule has 6 heteroatoms. The number of nitrogens with zero attached hydrogens (tertiary/aromatic N) is 1. The average Bonchev–Trinajstić information content (AvgIpc) is 3.10. The fourth-order valence-electron chi connectivity index (χ4n) is 3.72. The summed E-state index contributed by atoms with van der Waals surface area (Å²) in [7, 11) is -3.56. The summed E-state index contributed by atoms with van der Waals surface area (Å²) in [5.74, 6) is 0. The summed E-state index contributed by atoms with van der Waals surface area (Å²) in [6, 6.07) is 13.0. The Kier molecular flexibility index (Phi) is 4.63. The summed E-state index contributed by atoms with van der Waals surface area (Å²) in [6.45, 7) is 4.48. The number of benzene rings is 2. The number of nitrogens with one attached hydrogen (secondary N) is 1. The fraction of sp³-hybridized carbons (Fsp3) is 0.400. The molecule has 2 aliphatic rings. The van der Waals surface area contributed by atoms with Gasteiger partial charge in [0.05, 0.1) is 17.6 Å². The predicted octanol–water partition coefficient (Wildman–Crippen LogP) is 3.20. The molecule has 1 aliphatic carbocycles. The molecule has 0 spiro atoms. The molecule has 4 rings (SSSR count). The van der Waals surface area contributed by atoms with Crippen LogP contribution in [0.15, 0.2) is 47.4 Å². The van der Waals surface area contributed by atoms with Crippen molar-refractivity contribution in [3.63, 3.8) is 0 Å². The van der Waals surface area contributed by atoms with E-state index in [0.29, 0.717) is 17.2 Å². The Morgan fingerprint density at radius 2 is 1.85 bits per heavy atom. The molecule has 1 saturated heterocycles. The van der Waals surface area contributed by atoms with Crippen molar-refractivity contribution in [1.82, 2.24) is 0 Å². The third-order valence-corrected chi connectivity index (χ3v) is 6.48. The number of morpholine rings is 1. The Morgan fingerprint density at radius 1 is 1.08 bits per heavy atom. The molecule has 0 saturated carbocycles. The summed E-state index contributed by atoms with van der Waals surface area (Å²) < 4.78 is 33.6. The zero-order valence-corrected chi connectivity index (χ0v) is 15.8. The molecule has 0 amide bonds. The van der Waals surface area contributed by atoms with Gasteiger partial charge < -0.3 is 9.64 Å². The van der Waals surface area contributed by atoms with Gasteiger partial charge in [-0.15, -0.1) is 0 Å². The van der Waals surface area contributed by atoms with Gasteiger partial charge in [-0.25, -0.2) is 8.42 Å². The van der Waals surface area contributed by atoms with Crippen LogP contribution in [0.25, 0.3) is 0 Å². The van der Waals surface area contributed by atoms with Crippen LogP contribution in [-0.2, 0) is 27.6 Å². The first-order valence-corrected chi connectivity index (χ1v) is 10.6. The summed E-state index contributed by atoms with van der Waals surface area (Å²) in [6.07, 6.45) is 3.32. The summed E-state index contributed by atoms with van der Waals surface area (Å²) >= 11 is 0. The maximum absolute atomic E-state index is 12.7. The number of hydrogen-bond donors (Lipinski definition) is 1. The van der Waals surface area contributed by atoms with Crippen LogP contribution in [0.1, 0.15) is 24.5 Å². The number of rotatable bonds is 4. The number of fused-ring (bicyclic) bond motifs is 1. The SMILES string of the molecule is CC1CN(c2ccc(NS(=O)(=O)c3ccc4c(c3)CCC4)cc2)CCO1. The Labute approximate surface area is 155 Å². The monoisotopic (exact) mass is 372 g/mol. The van der Waals surface area contributed by atoms with Crippen LogP contribution in [-0.4, -0.2) is 34.2 Å². The van der Waals surface area contributed by atoms with Crippen LogP contribution in [0, 0.1) is 0 Å². The molecule has 26 heavy (non-hydrogen) atoms. The predicted molar refractivity (Wildman–Crippen MR) is 103 cm³/mol.